The van der Waals surface area contributed by atoms with Crippen LogP contribution in [0.5, 0.6) is 0 Å². The van der Waals surface area contributed by atoms with Gasteiger partial charge in [-0.15, -0.1) is 11.3 Å². The Morgan fingerprint density at radius 1 is 1.18 bits per heavy atom. The molecule has 0 saturated carbocycles. The summed E-state index contributed by atoms with van der Waals surface area (Å²) in [4.78, 5) is 6.22. The fourth-order valence-electron chi connectivity index (χ4n) is 2.32. The summed E-state index contributed by atoms with van der Waals surface area (Å²) in [6.45, 7) is 2.01. The first-order valence-corrected chi connectivity index (χ1v) is 7.54. The van der Waals surface area contributed by atoms with Gasteiger partial charge in [-0.25, -0.2) is 9.37 Å². The van der Waals surface area contributed by atoms with Crippen LogP contribution in [0.2, 0.25) is 0 Å². The first-order valence-electron chi connectivity index (χ1n) is 6.73. The van der Waals surface area contributed by atoms with Crippen molar-refractivity contribution in [2.45, 2.75) is 6.92 Å². The number of rotatable bonds is 3. The van der Waals surface area contributed by atoms with Crippen molar-refractivity contribution >= 4 is 22.9 Å². The summed E-state index contributed by atoms with van der Waals surface area (Å²) in [5, 5.41) is 8.39. The summed E-state index contributed by atoms with van der Waals surface area (Å²) in [7, 11) is 0. The zero-order valence-corrected chi connectivity index (χ0v) is 12.7. The van der Waals surface area contributed by atoms with Crippen molar-refractivity contribution in [2.75, 3.05) is 5.73 Å². The van der Waals surface area contributed by atoms with Crippen LogP contribution in [-0.4, -0.2) is 10.7 Å². The van der Waals surface area contributed by atoms with Crippen molar-refractivity contribution in [3.8, 4) is 10.4 Å². The fourth-order valence-corrected chi connectivity index (χ4v) is 3.22. The van der Waals surface area contributed by atoms with Crippen molar-refractivity contribution in [3.63, 3.8) is 0 Å². The Kier molecular flexibility index (Phi) is 3.73. The molecule has 1 aromatic carbocycles. The van der Waals surface area contributed by atoms with E-state index in [1.807, 2.05) is 25.1 Å². The Morgan fingerprint density at radius 2 is 1.95 bits per heavy atom. The van der Waals surface area contributed by atoms with Gasteiger partial charge in [-0.2, -0.15) is 0 Å². The van der Waals surface area contributed by atoms with Gasteiger partial charge in [-0.1, -0.05) is 12.1 Å². The molecule has 0 fully saturated rings. The topological polar surface area (TPSA) is 62.8 Å². The maximum atomic E-state index is 14.0. The molecule has 3 N–H and O–H groups in total. The summed E-state index contributed by atoms with van der Waals surface area (Å²) >= 11 is 1.61. The van der Waals surface area contributed by atoms with Crippen LogP contribution in [-0.2, 0) is 0 Å². The number of benzene rings is 1. The Labute approximate surface area is 131 Å². The molecule has 3 nitrogen and oxygen atoms in total. The molecule has 0 aliphatic heterocycles. The second-order valence-electron chi connectivity index (χ2n) is 4.88. The van der Waals surface area contributed by atoms with Crippen LogP contribution in [0.25, 0.3) is 10.4 Å². The number of nitrogen functional groups attached to an aromatic ring is 1. The summed E-state index contributed by atoms with van der Waals surface area (Å²) in [6, 6.07) is 12.0. The number of halogens is 1. The second-order valence-corrected chi connectivity index (χ2v) is 6.17. The Morgan fingerprint density at radius 3 is 2.64 bits per heavy atom. The molecule has 0 spiro atoms. The van der Waals surface area contributed by atoms with E-state index in [0.717, 1.165) is 15.3 Å². The van der Waals surface area contributed by atoms with Gasteiger partial charge in [0.25, 0.3) is 0 Å². The highest BCUT2D eigenvalue weighted by Crippen LogP contribution is 2.33. The number of hydrogen-bond donors (Lipinski definition) is 2. The van der Waals surface area contributed by atoms with E-state index in [1.54, 1.807) is 35.7 Å². The molecule has 3 rings (SSSR count). The van der Waals surface area contributed by atoms with Gasteiger partial charge < -0.3 is 5.73 Å². The molecular weight excluding hydrogens is 297 g/mol. The van der Waals surface area contributed by atoms with Gasteiger partial charge in [0.15, 0.2) is 0 Å². The highest BCUT2D eigenvalue weighted by atomic mass is 32.1. The number of aromatic nitrogens is 1. The van der Waals surface area contributed by atoms with Gasteiger partial charge in [0, 0.05) is 27.1 Å². The zero-order valence-electron chi connectivity index (χ0n) is 11.9. The molecule has 0 atom stereocenters. The summed E-state index contributed by atoms with van der Waals surface area (Å²) in [6.07, 6.45) is 1.61. The number of aryl methyl sites for hydroxylation is 1. The third-order valence-electron chi connectivity index (χ3n) is 3.38. The van der Waals surface area contributed by atoms with E-state index in [9.17, 15) is 4.39 Å². The molecule has 0 radical (unpaired) electrons. The maximum absolute atomic E-state index is 14.0. The van der Waals surface area contributed by atoms with Gasteiger partial charge >= 0.3 is 0 Å². The lowest BCUT2D eigenvalue weighted by Gasteiger charge is -2.12. The van der Waals surface area contributed by atoms with Gasteiger partial charge in [-0.05, 0) is 37.3 Å². The minimum absolute atomic E-state index is 0.0461. The minimum Gasteiger partial charge on any atom is -0.383 e. The molecule has 0 saturated heterocycles. The van der Waals surface area contributed by atoms with E-state index in [4.69, 9.17) is 11.1 Å². The van der Waals surface area contributed by atoms with Gasteiger partial charge in [0.05, 0.1) is 11.3 Å². The lowest BCUT2D eigenvalue weighted by molar-refractivity contribution is 0.625. The lowest BCUT2D eigenvalue weighted by atomic mass is 9.97. The number of anilines is 1. The molecule has 2 aromatic heterocycles. The van der Waals surface area contributed by atoms with E-state index < -0.39 is 5.82 Å². The first-order chi connectivity index (χ1) is 10.6. The average molecular weight is 311 g/mol. The van der Waals surface area contributed by atoms with E-state index in [1.165, 1.54) is 6.07 Å². The number of nitrogens with zero attached hydrogens (tertiary/aromatic N) is 1. The third-order valence-corrected chi connectivity index (χ3v) is 4.41. The van der Waals surface area contributed by atoms with Gasteiger partial charge in [-0.3, -0.25) is 5.41 Å². The first kappa shape index (κ1) is 14.4. The van der Waals surface area contributed by atoms with Crippen molar-refractivity contribution < 1.29 is 4.39 Å². The zero-order chi connectivity index (χ0) is 15.7. The van der Waals surface area contributed by atoms with E-state index in [2.05, 4.69) is 4.98 Å². The second kappa shape index (κ2) is 5.69. The Hall–Kier alpha value is -2.53. The van der Waals surface area contributed by atoms with E-state index in [0.29, 0.717) is 5.56 Å². The van der Waals surface area contributed by atoms with Gasteiger partial charge in [0.1, 0.15) is 11.6 Å². The van der Waals surface area contributed by atoms with Crippen LogP contribution >= 0.6 is 11.3 Å². The molecule has 0 amide bonds. The molecule has 0 aliphatic carbocycles. The molecule has 0 unspecified atom stereocenters. The molecule has 5 heteroatoms. The maximum Gasteiger partial charge on any atom is 0.133 e. The smallest absolute Gasteiger partial charge is 0.133 e. The summed E-state index contributed by atoms with van der Waals surface area (Å²) in [5.41, 5.74) is 7.52. The number of nitrogens with one attached hydrogen (secondary N) is 1. The Bertz CT molecular complexity index is 855. The highest BCUT2D eigenvalue weighted by Gasteiger charge is 2.18. The largest absolute Gasteiger partial charge is 0.383 e. The predicted octanol–water partition coefficient (Wildman–Crippen LogP) is 4.26. The van der Waals surface area contributed by atoms with Crippen LogP contribution < -0.4 is 5.73 Å². The number of thiophene rings is 1. The number of hydrogen-bond acceptors (Lipinski definition) is 4. The predicted molar refractivity (Wildman–Crippen MR) is 89.0 cm³/mol. The normalized spacial score (nSPS) is 10.6. The van der Waals surface area contributed by atoms with E-state index in [-0.39, 0.29) is 17.1 Å². The van der Waals surface area contributed by atoms with E-state index >= 15 is 0 Å². The quantitative estimate of drug-likeness (QED) is 0.710. The molecular formula is C17H14FN3S. The summed E-state index contributed by atoms with van der Waals surface area (Å²) in [5.74, 6) is -0.208. The van der Waals surface area contributed by atoms with Crippen molar-refractivity contribution in [1.82, 2.24) is 4.98 Å². The molecule has 3 aromatic rings. The van der Waals surface area contributed by atoms with Crippen LogP contribution in [0.15, 0.2) is 48.7 Å². The molecule has 0 bridgehead atoms. The molecule has 22 heavy (non-hydrogen) atoms. The minimum atomic E-state index is -0.441. The Balaban J connectivity index is 2.19. The van der Waals surface area contributed by atoms with Crippen molar-refractivity contribution in [1.29, 1.82) is 5.41 Å². The van der Waals surface area contributed by atoms with Crippen molar-refractivity contribution in [3.05, 3.63) is 70.5 Å². The number of nitrogens with two attached hydrogens (primary N) is 1. The molecule has 2 heterocycles. The third kappa shape index (κ3) is 2.51. The lowest BCUT2D eigenvalue weighted by Crippen LogP contribution is -2.10. The van der Waals surface area contributed by atoms with Crippen LogP contribution in [0, 0.1) is 18.2 Å². The monoisotopic (exact) mass is 311 g/mol. The van der Waals surface area contributed by atoms with Crippen LogP contribution in [0.1, 0.15) is 16.0 Å². The SMILES string of the molecule is Cc1ccc(-c2ccnc(N)c2C(=N)c2ccccc2F)s1. The van der Waals surface area contributed by atoms with Crippen molar-refractivity contribution in [2.24, 2.45) is 0 Å². The summed E-state index contributed by atoms with van der Waals surface area (Å²) < 4.78 is 14.0. The average Bonchev–Trinajstić information content (AvgIpc) is 2.93. The fraction of sp³-hybridized carbons (Fsp3) is 0.0588. The molecule has 110 valence electrons. The standard InChI is InChI=1S/C17H14FN3S/c1-10-6-7-14(22-10)12-8-9-21-17(20)15(12)16(19)11-4-2-3-5-13(11)18/h2-9,19H,1H3,(H2,20,21). The van der Waals surface area contributed by atoms with Gasteiger partial charge in [0.2, 0.25) is 0 Å². The molecule has 0 aliphatic rings. The highest BCUT2D eigenvalue weighted by molar-refractivity contribution is 7.15. The van der Waals surface area contributed by atoms with Crippen LogP contribution in [0.4, 0.5) is 10.2 Å². The number of pyridine rings is 1. The van der Waals surface area contributed by atoms with Crippen LogP contribution in [0.3, 0.4) is 0 Å².